The minimum atomic E-state index is -0.542. The summed E-state index contributed by atoms with van der Waals surface area (Å²) in [5, 5.41) is 0.666. The number of amides is 2. The van der Waals surface area contributed by atoms with Crippen LogP contribution in [0.1, 0.15) is 0 Å². The van der Waals surface area contributed by atoms with Gasteiger partial charge in [-0.25, -0.2) is 9.59 Å². The van der Waals surface area contributed by atoms with Crippen molar-refractivity contribution >= 4 is 78.6 Å². The zero-order valence-electron chi connectivity index (χ0n) is 16.8. The molecule has 2 aromatic carbocycles. The van der Waals surface area contributed by atoms with Crippen LogP contribution in [0.3, 0.4) is 0 Å². The number of nitrogens with zero attached hydrogens (tertiary/aromatic N) is 2. The van der Waals surface area contributed by atoms with E-state index in [-0.39, 0.29) is 13.2 Å². The average molecular weight is 611 g/mol. The van der Waals surface area contributed by atoms with Crippen LogP contribution in [0.2, 0.25) is 10.0 Å². The van der Waals surface area contributed by atoms with Gasteiger partial charge in [-0.2, -0.15) is 0 Å². The van der Waals surface area contributed by atoms with E-state index in [1.54, 1.807) is 12.1 Å². The Morgan fingerprint density at radius 3 is 1.56 bits per heavy atom. The quantitative estimate of drug-likeness (QED) is 0.387. The van der Waals surface area contributed by atoms with E-state index in [4.69, 9.17) is 42.1 Å². The lowest BCUT2D eigenvalue weighted by molar-refractivity contribution is 0.173. The largest absolute Gasteiger partial charge is 0.489 e. The van der Waals surface area contributed by atoms with Crippen molar-refractivity contribution in [2.75, 3.05) is 50.3 Å². The summed E-state index contributed by atoms with van der Waals surface area (Å²) in [6, 6.07) is 3.24. The van der Waals surface area contributed by atoms with Crippen LogP contribution in [0, 0.1) is 0 Å². The molecule has 12 heteroatoms. The summed E-state index contributed by atoms with van der Waals surface area (Å²) >= 11 is 20.2. The van der Waals surface area contributed by atoms with Crippen LogP contribution in [-0.4, -0.2) is 52.7 Å². The van der Waals surface area contributed by atoms with Crippen LogP contribution in [0.5, 0.6) is 11.5 Å². The predicted molar refractivity (Wildman–Crippen MR) is 128 cm³/mol. The van der Waals surface area contributed by atoms with E-state index in [0.29, 0.717) is 66.1 Å². The highest BCUT2D eigenvalue weighted by Crippen LogP contribution is 2.56. The Labute approximate surface area is 210 Å². The molecule has 2 aliphatic heterocycles. The van der Waals surface area contributed by atoms with Crippen molar-refractivity contribution in [1.29, 1.82) is 0 Å². The van der Waals surface area contributed by atoms with Gasteiger partial charge in [0.1, 0.15) is 13.2 Å². The van der Waals surface area contributed by atoms with E-state index in [1.165, 1.54) is 24.0 Å². The fourth-order valence-corrected chi connectivity index (χ4v) is 5.03. The Bertz CT molecular complexity index is 1040. The van der Waals surface area contributed by atoms with Crippen molar-refractivity contribution in [2.45, 2.75) is 0 Å². The second-order valence-electron chi connectivity index (χ2n) is 6.73. The monoisotopic (exact) mass is 608 g/mol. The Hall–Kier alpha value is -1.88. The lowest BCUT2D eigenvalue weighted by atomic mass is 9.99. The SMILES string of the molecule is COC(=O)N1CCOc2c1cc(Cl)c(Br)c2-c1c(Br)c(Cl)cc2c1OCCN2C(=O)OC. The number of fused-ring (bicyclic) bond motifs is 2. The summed E-state index contributed by atoms with van der Waals surface area (Å²) < 4.78 is 22.8. The molecule has 2 aliphatic rings. The Kier molecular flexibility index (Phi) is 6.67. The molecule has 0 radical (unpaired) electrons. The van der Waals surface area contributed by atoms with Gasteiger partial charge in [-0.3, -0.25) is 9.80 Å². The second kappa shape index (κ2) is 9.17. The summed E-state index contributed by atoms with van der Waals surface area (Å²) in [4.78, 5) is 27.6. The normalized spacial score (nSPS) is 14.7. The van der Waals surface area contributed by atoms with Crippen LogP contribution in [0.4, 0.5) is 21.0 Å². The molecule has 0 saturated heterocycles. The van der Waals surface area contributed by atoms with Gasteiger partial charge >= 0.3 is 12.2 Å². The smallest absolute Gasteiger partial charge is 0.414 e. The number of ether oxygens (including phenoxy) is 4. The summed E-state index contributed by atoms with van der Waals surface area (Å²) in [7, 11) is 2.61. The number of rotatable bonds is 1. The Morgan fingerprint density at radius 2 is 1.22 bits per heavy atom. The number of hydrogen-bond donors (Lipinski definition) is 0. The van der Waals surface area contributed by atoms with Crippen LogP contribution in [0.15, 0.2) is 21.1 Å². The van der Waals surface area contributed by atoms with Gasteiger partial charge in [0.15, 0.2) is 11.5 Å². The highest BCUT2D eigenvalue weighted by molar-refractivity contribution is 9.11. The number of carbonyl (C=O) groups excluding carboxylic acids is 2. The van der Waals surface area contributed by atoms with Gasteiger partial charge in [0, 0.05) is 20.1 Å². The molecule has 32 heavy (non-hydrogen) atoms. The predicted octanol–water partition coefficient (Wildman–Crippen LogP) is 6.12. The van der Waals surface area contributed by atoms with Crippen molar-refractivity contribution in [1.82, 2.24) is 0 Å². The zero-order chi connectivity index (χ0) is 23.2. The van der Waals surface area contributed by atoms with E-state index in [1.807, 2.05) is 0 Å². The second-order valence-corrected chi connectivity index (χ2v) is 9.13. The maximum atomic E-state index is 12.4. The molecule has 0 aliphatic carbocycles. The standard InChI is InChI=1S/C20H16Br2Cl2N2O6/c1-29-19(27)25-3-5-31-17-11(25)7-9(23)15(21)13(17)14-16(22)10(24)8-12-18(14)32-6-4-26(12)20(28)30-2/h7-8H,3-6H2,1-2H3. The first kappa shape index (κ1) is 23.3. The molecule has 0 atom stereocenters. The van der Waals surface area contributed by atoms with Crippen LogP contribution in [0.25, 0.3) is 11.1 Å². The van der Waals surface area contributed by atoms with E-state index in [0.717, 1.165) is 0 Å². The lowest BCUT2D eigenvalue weighted by Gasteiger charge is -2.33. The first-order valence-electron chi connectivity index (χ1n) is 9.31. The van der Waals surface area contributed by atoms with Crippen molar-refractivity contribution < 1.29 is 28.5 Å². The van der Waals surface area contributed by atoms with Crippen molar-refractivity contribution in [3.05, 3.63) is 31.1 Å². The molecule has 8 nitrogen and oxygen atoms in total. The molecule has 4 rings (SSSR count). The molecule has 0 aromatic heterocycles. The summed E-state index contributed by atoms with van der Waals surface area (Å²) in [5.74, 6) is 0.781. The van der Waals surface area contributed by atoms with E-state index in [9.17, 15) is 9.59 Å². The summed E-state index contributed by atoms with van der Waals surface area (Å²) in [5.41, 5.74) is 1.90. The highest BCUT2D eigenvalue weighted by atomic mass is 79.9. The maximum absolute atomic E-state index is 12.4. The van der Waals surface area contributed by atoms with Crippen LogP contribution >= 0.6 is 55.1 Å². The Morgan fingerprint density at radius 1 is 0.844 bits per heavy atom. The van der Waals surface area contributed by atoms with Gasteiger partial charge in [-0.1, -0.05) is 23.2 Å². The number of methoxy groups -OCH3 is 2. The van der Waals surface area contributed by atoms with E-state index >= 15 is 0 Å². The molecule has 2 heterocycles. The van der Waals surface area contributed by atoms with Crippen molar-refractivity contribution in [3.8, 4) is 22.6 Å². The molecule has 0 unspecified atom stereocenters. The molecular weight excluding hydrogens is 595 g/mol. The maximum Gasteiger partial charge on any atom is 0.414 e. The van der Waals surface area contributed by atoms with Crippen LogP contribution in [-0.2, 0) is 9.47 Å². The molecule has 2 aromatic rings. The Balaban J connectivity index is 2.03. The first-order chi connectivity index (χ1) is 15.3. The van der Waals surface area contributed by atoms with Gasteiger partial charge in [-0.15, -0.1) is 0 Å². The topological polar surface area (TPSA) is 77.5 Å². The lowest BCUT2D eigenvalue weighted by Crippen LogP contribution is -2.38. The third kappa shape index (κ3) is 3.76. The molecule has 0 spiro atoms. The van der Waals surface area contributed by atoms with Crippen LogP contribution < -0.4 is 19.3 Å². The fraction of sp³-hybridized carbons (Fsp3) is 0.300. The van der Waals surface area contributed by atoms with Gasteiger partial charge in [0.25, 0.3) is 0 Å². The zero-order valence-corrected chi connectivity index (χ0v) is 21.5. The first-order valence-corrected chi connectivity index (χ1v) is 11.6. The minimum Gasteiger partial charge on any atom is -0.489 e. The molecule has 0 fully saturated rings. The average Bonchev–Trinajstić information content (AvgIpc) is 2.80. The minimum absolute atomic E-state index is 0.235. The number of hydrogen-bond acceptors (Lipinski definition) is 6. The van der Waals surface area contributed by atoms with Gasteiger partial charge in [-0.05, 0) is 44.0 Å². The van der Waals surface area contributed by atoms with Crippen molar-refractivity contribution in [2.24, 2.45) is 0 Å². The number of carbonyl (C=O) groups is 2. The molecule has 2 amide bonds. The number of anilines is 2. The fourth-order valence-electron chi connectivity index (χ4n) is 3.65. The van der Waals surface area contributed by atoms with E-state index < -0.39 is 12.2 Å². The van der Waals surface area contributed by atoms with Gasteiger partial charge in [0.2, 0.25) is 0 Å². The molecular formula is C20H16Br2Cl2N2O6. The molecule has 0 bridgehead atoms. The molecule has 170 valence electrons. The number of benzene rings is 2. The highest BCUT2D eigenvalue weighted by Gasteiger charge is 2.35. The third-order valence-electron chi connectivity index (χ3n) is 5.05. The number of halogens is 4. The molecule has 0 N–H and O–H groups in total. The summed E-state index contributed by atoms with van der Waals surface area (Å²) in [6.45, 7) is 1.05. The summed E-state index contributed by atoms with van der Waals surface area (Å²) in [6.07, 6.45) is -1.08. The van der Waals surface area contributed by atoms with Crippen molar-refractivity contribution in [3.63, 3.8) is 0 Å². The van der Waals surface area contributed by atoms with Gasteiger partial charge in [0.05, 0.1) is 48.7 Å². The molecule has 0 saturated carbocycles. The third-order valence-corrected chi connectivity index (χ3v) is 7.75. The van der Waals surface area contributed by atoms with E-state index in [2.05, 4.69) is 31.9 Å². The van der Waals surface area contributed by atoms with Gasteiger partial charge < -0.3 is 18.9 Å².